The normalized spacial score (nSPS) is 15.4. The number of carbonyl (C=O) groups is 1. The van der Waals surface area contributed by atoms with Crippen LogP contribution in [0, 0.1) is 0 Å². The first-order chi connectivity index (χ1) is 7.65. The highest BCUT2D eigenvalue weighted by molar-refractivity contribution is 6.42. The molecule has 0 bridgehead atoms. The van der Waals surface area contributed by atoms with Gasteiger partial charge in [-0.25, -0.2) is 4.79 Å². The molecule has 1 aliphatic heterocycles. The monoisotopic (exact) mass is 254 g/mol. The molecule has 16 heavy (non-hydrogen) atoms. The molecule has 0 radical (unpaired) electrons. The summed E-state index contributed by atoms with van der Waals surface area (Å²) in [6, 6.07) is 5.34. The van der Waals surface area contributed by atoms with Crippen LogP contribution in [-0.2, 0) is 9.53 Å². The van der Waals surface area contributed by atoms with Gasteiger partial charge in [0.25, 0.3) is 0 Å². The number of cyclic esters (lactones) is 1. The molecule has 2 nitrogen and oxygen atoms in total. The van der Waals surface area contributed by atoms with Crippen molar-refractivity contribution in [2.24, 2.45) is 0 Å². The molecule has 0 atom stereocenters. The third-order valence-corrected chi connectivity index (χ3v) is 2.86. The molecule has 0 N–H and O–H groups in total. The van der Waals surface area contributed by atoms with Gasteiger partial charge in [0.1, 0.15) is 6.61 Å². The van der Waals surface area contributed by atoms with Gasteiger partial charge in [-0.3, -0.25) is 0 Å². The smallest absolute Gasteiger partial charge is 0.331 e. The van der Waals surface area contributed by atoms with Crippen molar-refractivity contribution in [3.8, 4) is 0 Å². The lowest BCUT2D eigenvalue weighted by Crippen LogP contribution is -1.90. The highest BCUT2D eigenvalue weighted by atomic mass is 35.5. The van der Waals surface area contributed by atoms with E-state index in [1.54, 1.807) is 12.1 Å². The van der Waals surface area contributed by atoms with Crippen LogP contribution in [0.15, 0.2) is 35.9 Å². The van der Waals surface area contributed by atoms with Gasteiger partial charge in [0.15, 0.2) is 0 Å². The Morgan fingerprint density at radius 2 is 2.00 bits per heavy atom. The second kappa shape index (κ2) is 4.73. The Balaban J connectivity index is 2.15. The van der Waals surface area contributed by atoms with Gasteiger partial charge in [-0.15, -0.1) is 0 Å². The lowest BCUT2D eigenvalue weighted by Gasteiger charge is -1.97. The molecule has 1 heterocycles. The van der Waals surface area contributed by atoms with Crippen LogP contribution in [0.3, 0.4) is 0 Å². The Bertz CT molecular complexity index is 490. The Hall–Kier alpha value is -1.25. The molecule has 0 amide bonds. The fourth-order valence-corrected chi connectivity index (χ4v) is 1.61. The third kappa shape index (κ3) is 2.65. The molecule has 0 aromatic heterocycles. The zero-order chi connectivity index (χ0) is 11.5. The minimum absolute atomic E-state index is 0.297. The van der Waals surface area contributed by atoms with Gasteiger partial charge in [0.2, 0.25) is 0 Å². The summed E-state index contributed by atoms with van der Waals surface area (Å²) in [5.74, 6) is -0.297. The van der Waals surface area contributed by atoms with Crippen LogP contribution in [-0.4, -0.2) is 12.6 Å². The molecule has 0 spiro atoms. The van der Waals surface area contributed by atoms with E-state index in [2.05, 4.69) is 0 Å². The van der Waals surface area contributed by atoms with Crippen molar-refractivity contribution in [1.82, 2.24) is 0 Å². The van der Waals surface area contributed by atoms with Crippen molar-refractivity contribution in [3.05, 3.63) is 51.5 Å². The summed E-state index contributed by atoms with van der Waals surface area (Å²) in [6.45, 7) is 0.330. The number of rotatable bonds is 2. The first kappa shape index (κ1) is 11.2. The Morgan fingerprint density at radius 1 is 1.19 bits per heavy atom. The zero-order valence-electron chi connectivity index (χ0n) is 8.24. The summed E-state index contributed by atoms with van der Waals surface area (Å²) in [5, 5.41) is 1.04. The minimum Gasteiger partial charge on any atom is -0.458 e. The molecule has 1 aliphatic rings. The molecule has 2 rings (SSSR count). The van der Waals surface area contributed by atoms with E-state index in [1.807, 2.05) is 18.2 Å². The second-order valence-electron chi connectivity index (χ2n) is 3.33. The number of benzene rings is 1. The predicted molar refractivity (Wildman–Crippen MR) is 64.5 cm³/mol. The van der Waals surface area contributed by atoms with Crippen molar-refractivity contribution >= 4 is 35.2 Å². The summed E-state index contributed by atoms with van der Waals surface area (Å²) in [5.41, 5.74) is 1.77. The van der Waals surface area contributed by atoms with E-state index in [9.17, 15) is 4.79 Å². The van der Waals surface area contributed by atoms with Crippen LogP contribution in [0.1, 0.15) is 5.56 Å². The molecule has 0 saturated carbocycles. The van der Waals surface area contributed by atoms with E-state index >= 15 is 0 Å². The van der Waals surface area contributed by atoms with Gasteiger partial charge in [0.05, 0.1) is 10.0 Å². The Morgan fingerprint density at radius 3 is 2.62 bits per heavy atom. The van der Waals surface area contributed by atoms with E-state index in [1.165, 1.54) is 6.08 Å². The second-order valence-corrected chi connectivity index (χ2v) is 4.15. The largest absolute Gasteiger partial charge is 0.458 e. The van der Waals surface area contributed by atoms with E-state index in [-0.39, 0.29) is 5.97 Å². The number of halogens is 2. The van der Waals surface area contributed by atoms with Crippen LogP contribution < -0.4 is 0 Å². The number of ether oxygens (including phenoxy) is 1. The summed E-state index contributed by atoms with van der Waals surface area (Å²) in [7, 11) is 0. The summed E-state index contributed by atoms with van der Waals surface area (Å²) in [4.78, 5) is 10.8. The molecule has 0 aliphatic carbocycles. The zero-order valence-corrected chi connectivity index (χ0v) is 9.76. The summed E-state index contributed by atoms with van der Waals surface area (Å²) in [6.07, 6.45) is 5.15. The standard InChI is InChI=1S/C12H8Cl2O2/c13-10-4-3-8(5-11(10)14)1-2-9-6-12(15)16-7-9/h1-6H,7H2/b2-1-. The van der Waals surface area contributed by atoms with Crippen LogP contribution in [0.5, 0.6) is 0 Å². The molecule has 0 unspecified atom stereocenters. The van der Waals surface area contributed by atoms with E-state index < -0.39 is 0 Å². The van der Waals surface area contributed by atoms with Gasteiger partial charge in [0, 0.05) is 6.08 Å². The number of carbonyl (C=O) groups excluding carboxylic acids is 1. The van der Waals surface area contributed by atoms with Crippen molar-refractivity contribution in [2.75, 3.05) is 6.61 Å². The maximum Gasteiger partial charge on any atom is 0.331 e. The van der Waals surface area contributed by atoms with Gasteiger partial charge in [-0.05, 0) is 23.3 Å². The summed E-state index contributed by atoms with van der Waals surface area (Å²) < 4.78 is 4.77. The molecule has 0 saturated heterocycles. The van der Waals surface area contributed by atoms with E-state index in [0.29, 0.717) is 16.7 Å². The fourth-order valence-electron chi connectivity index (χ4n) is 1.30. The van der Waals surface area contributed by atoms with Crippen molar-refractivity contribution in [1.29, 1.82) is 0 Å². The Kier molecular flexibility index (Phi) is 3.32. The van der Waals surface area contributed by atoms with E-state index in [0.717, 1.165) is 11.1 Å². The molecular weight excluding hydrogens is 247 g/mol. The molecule has 4 heteroatoms. The highest BCUT2D eigenvalue weighted by Gasteiger charge is 2.09. The van der Waals surface area contributed by atoms with Gasteiger partial charge < -0.3 is 4.74 Å². The average Bonchev–Trinajstić information content (AvgIpc) is 2.66. The quantitative estimate of drug-likeness (QED) is 0.756. The highest BCUT2D eigenvalue weighted by Crippen LogP contribution is 2.23. The van der Waals surface area contributed by atoms with Crippen molar-refractivity contribution in [3.63, 3.8) is 0 Å². The SMILES string of the molecule is O=C1C=C(/C=C\c2ccc(Cl)c(Cl)c2)CO1. The first-order valence-corrected chi connectivity index (χ1v) is 5.41. The number of esters is 1. The molecule has 82 valence electrons. The number of hydrogen-bond acceptors (Lipinski definition) is 2. The van der Waals surface area contributed by atoms with Crippen LogP contribution >= 0.6 is 23.2 Å². The number of hydrogen-bond donors (Lipinski definition) is 0. The van der Waals surface area contributed by atoms with Crippen molar-refractivity contribution in [2.45, 2.75) is 0 Å². The maximum atomic E-state index is 10.8. The van der Waals surface area contributed by atoms with Gasteiger partial charge in [-0.2, -0.15) is 0 Å². The van der Waals surface area contributed by atoms with Crippen LogP contribution in [0.2, 0.25) is 10.0 Å². The van der Waals surface area contributed by atoms with Gasteiger partial charge in [-0.1, -0.05) is 41.4 Å². The predicted octanol–water partition coefficient (Wildman–Crippen LogP) is 3.49. The van der Waals surface area contributed by atoms with Crippen LogP contribution in [0.25, 0.3) is 6.08 Å². The molecule has 1 aromatic carbocycles. The van der Waals surface area contributed by atoms with Crippen molar-refractivity contribution < 1.29 is 9.53 Å². The minimum atomic E-state index is -0.297. The fraction of sp³-hybridized carbons (Fsp3) is 0.0833. The lowest BCUT2D eigenvalue weighted by atomic mass is 10.1. The van der Waals surface area contributed by atoms with Gasteiger partial charge >= 0.3 is 5.97 Å². The first-order valence-electron chi connectivity index (χ1n) is 4.65. The summed E-state index contributed by atoms with van der Waals surface area (Å²) >= 11 is 11.7. The third-order valence-electron chi connectivity index (χ3n) is 2.12. The Labute approximate surface area is 103 Å². The van der Waals surface area contributed by atoms with E-state index in [4.69, 9.17) is 27.9 Å². The topological polar surface area (TPSA) is 26.3 Å². The maximum absolute atomic E-state index is 10.8. The molecular formula is C12H8Cl2O2. The molecule has 1 aromatic rings. The van der Waals surface area contributed by atoms with Crippen LogP contribution in [0.4, 0.5) is 0 Å². The lowest BCUT2D eigenvalue weighted by molar-refractivity contribution is -0.134. The average molecular weight is 255 g/mol. The molecule has 0 fully saturated rings.